The van der Waals surface area contributed by atoms with Crippen LogP contribution in [0.3, 0.4) is 0 Å². The maximum absolute atomic E-state index is 14.0. The number of carbonyl (C=O) groups is 2. The average molecular weight is 592 g/mol. The summed E-state index contributed by atoms with van der Waals surface area (Å²) in [5, 5.41) is 2.82. The second kappa shape index (κ2) is 18.1. The minimum Gasteiger partial charge on any atom is -0.493 e. The maximum atomic E-state index is 14.0. The molecule has 0 aliphatic heterocycles. The fraction of sp³-hybridized carbons (Fsp3) is 0.733. The molecule has 0 saturated heterocycles. The van der Waals surface area contributed by atoms with Crippen LogP contribution in [0.2, 0.25) is 0 Å². The van der Waals surface area contributed by atoms with E-state index in [1.54, 1.807) is 33.8 Å². The van der Waals surface area contributed by atoms with Gasteiger partial charge in [0.25, 0.3) is 0 Å². The number of ether oxygens (including phenoxy) is 5. The van der Waals surface area contributed by atoms with Crippen molar-refractivity contribution in [3.63, 3.8) is 0 Å². The lowest BCUT2D eigenvalue weighted by atomic mass is 9.87. The zero-order chi connectivity index (χ0) is 30.9. The minimum absolute atomic E-state index is 0.0428. The molecule has 0 spiro atoms. The van der Waals surface area contributed by atoms with Crippen LogP contribution < -0.4 is 10.1 Å². The van der Waals surface area contributed by atoms with E-state index in [0.29, 0.717) is 12.0 Å². The van der Waals surface area contributed by atoms with Crippen molar-refractivity contribution in [2.45, 2.75) is 110 Å². The quantitative estimate of drug-likeness (QED) is 0.103. The predicted octanol–water partition coefficient (Wildman–Crippen LogP) is 7.21. The zero-order valence-electron chi connectivity index (χ0n) is 25.4. The Kier molecular flexibility index (Phi) is 16.1. The third-order valence-corrected chi connectivity index (χ3v) is 6.21. The van der Waals surface area contributed by atoms with Crippen molar-refractivity contribution in [2.75, 3.05) is 33.7 Å². The van der Waals surface area contributed by atoms with Gasteiger partial charge in [-0.25, -0.2) is 4.79 Å². The summed E-state index contributed by atoms with van der Waals surface area (Å²) >= 11 is 0. The van der Waals surface area contributed by atoms with E-state index in [0.717, 1.165) is 31.7 Å². The number of alkyl carbamates (subject to hydrolysis) is 1. The summed E-state index contributed by atoms with van der Waals surface area (Å²) in [6, 6.07) is 4.00. The summed E-state index contributed by atoms with van der Waals surface area (Å²) in [7, 11) is 1.44. The molecule has 11 heteroatoms. The lowest BCUT2D eigenvalue weighted by molar-refractivity contribution is -0.144. The number of unbranched alkanes of at least 4 members (excludes halogenated alkanes) is 4. The summed E-state index contributed by atoms with van der Waals surface area (Å²) in [4.78, 5) is 25.0. The second-order valence-electron chi connectivity index (χ2n) is 11.1. The summed E-state index contributed by atoms with van der Waals surface area (Å²) in [6.07, 6.45) is -0.199. The van der Waals surface area contributed by atoms with E-state index in [1.807, 2.05) is 0 Å². The molecule has 41 heavy (non-hydrogen) atoms. The van der Waals surface area contributed by atoms with E-state index in [2.05, 4.69) is 12.2 Å². The first kappa shape index (κ1) is 36.5. The second-order valence-corrected chi connectivity index (χ2v) is 11.1. The predicted molar refractivity (Wildman–Crippen MR) is 150 cm³/mol. The van der Waals surface area contributed by atoms with Gasteiger partial charge < -0.3 is 29.0 Å². The van der Waals surface area contributed by atoms with Crippen LogP contribution in [0.15, 0.2) is 18.2 Å². The molecule has 0 aromatic heterocycles. The van der Waals surface area contributed by atoms with Crippen molar-refractivity contribution in [3.8, 4) is 5.75 Å². The van der Waals surface area contributed by atoms with E-state index in [1.165, 1.54) is 13.2 Å². The number of hydrogen-bond donors (Lipinski definition) is 1. The lowest BCUT2D eigenvalue weighted by Gasteiger charge is -2.35. The number of nitrogens with one attached hydrogen (secondary N) is 1. The molecule has 1 amide bonds. The van der Waals surface area contributed by atoms with E-state index < -0.39 is 34.9 Å². The van der Waals surface area contributed by atoms with Crippen LogP contribution in [0.25, 0.3) is 0 Å². The van der Waals surface area contributed by atoms with E-state index in [4.69, 9.17) is 23.7 Å². The van der Waals surface area contributed by atoms with Gasteiger partial charge in [-0.3, -0.25) is 4.79 Å². The van der Waals surface area contributed by atoms with Crippen molar-refractivity contribution in [1.82, 2.24) is 5.32 Å². The monoisotopic (exact) mass is 591 g/mol. The van der Waals surface area contributed by atoms with Crippen LogP contribution in [-0.2, 0) is 36.3 Å². The highest BCUT2D eigenvalue weighted by Gasteiger charge is 2.37. The van der Waals surface area contributed by atoms with E-state index in [9.17, 15) is 22.8 Å². The normalized spacial score (nSPS) is 13.4. The number of methoxy groups -OCH3 is 1. The molecule has 1 aromatic carbocycles. The van der Waals surface area contributed by atoms with Gasteiger partial charge in [0.15, 0.2) is 0 Å². The van der Waals surface area contributed by atoms with Crippen molar-refractivity contribution < 1.29 is 46.4 Å². The van der Waals surface area contributed by atoms with Gasteiger partial charge in [-0.1, -0.05) is 38.7 Å². The SMILES string of the molecule is CCCCCCCOc1ccc(CCC(CCC(=O)OCC)(COCOC)NC(=O)OC(C)(C)C)cc1C(F)(F)F. The van der Waals surface area contributed by atoms with Crippen molar-refractivity contribution in [2.24, 2.45) is 0 Å². The first-order chi connectivity index (χ1) is 19.2. The first-order valence-electron chi connectivity index (χ1n) is 14.3. The summed E-state index contributed by atoms with van der Waals surface area (Å²) in [5.74, 6) is -0.675. The Morgan fingerprint density at radius 3 is 2.29 bits per heavy atom. The van der Waals surface area contributed by atoms with Gasteiger partial charge >= 0.3 is 18.2 Å². The third-order valence-electron chi connectivity index (χ3n) is 6.21. The smallest absolute Gasteiger partial charge is 0.419 e. The standard InChI is InChI=1S/C30H48F3NO7/c1-7-9-10-11-12-19-40-25-14-13-23(20-24(25)30(31,32)33)15-17-29(21-38-22-37-6,18-16-26(35)39-8-2)34-27(36)41-28(3,4)5/h13-14,20H,7-12,15-19,21-22H2,1-6H3,(H,34,36). The highest BCUT2D eigenvalue weighted by atomic mass is 19.4. The number of carbonyl (C=O) groups excluding carboxylic acids is 2. The summed E-state index contributed by atoms with van der Waals surface area (Å²) in [5.41, 5.74) is -2.40. The molecule has 1 aromatic rings. The zero-order valence-corrected chi connectivity index (χ0v) is 25.4. The summed E-state index contributed by atoms with van der Waals surface area (Å²) < 4.78 is 68.4. The Morgan fingerprint density at radius 2 is 1.68 bits per heavy atom. The molecule has 0 bridgehead atoms. The molecule has 0 aliphatic rings. The average Bonchev–Trinajstić information content (AvgIpc) is 2.87. The minimum atomic E-state index is -4.61. The molecule has 0 radical (unpaired) electrons. The topological polar surface area (TPSA) is 92.3 Å². The summed E-state index contributed by atoms with van der Waals surface area (Å²) in [6.45, 7) is 9.16. The largest absolute Gasteiger partial charge is 0.493 e. The molecule has 0 aliphatic carbocycles. The molecule has 0 saturated carbocycles. The lowest BCUT2D eigenvalue weighted by Crippen LogP contribution is -2.54. The van der Waals surface area contributed by atoms with Crippen LogP contribution in [0, 0.1) is 0 Å². The van der Waals surface area contributed by atoms with E-state index in [-0.39, 0.29) is 58.0 Å². The number of benzene rings is 1. The Balaban J connectivity index is 3.19. The van der Waals surface area contributed by atoms with Gasteiger partial charge in [0.2, 0.25) is 0 Å². The van der Waals surface area contributed by atoms with Gasteiger partial charge in [-0.15, -0.1) is 0 Å². The van der Waals surface area contributed by atoms with Crippen LogP contribution in [-0.4, -0.2) is 56.9 Å². The molecular formula is C30H48F3NO7. The van der Waals surface area contributed by atoms with Crippen LogP contribution in [0.5, 0.6) is 5.75 Å². The van der Waals surface area contributed by atoms with E-state index >= 15 is 0 Å². The molecule has 1 rings (SSSR count). The Morgan fingerprint density at radius 1 is 0.976 bits per heavy atom. The number of amides is 1. The van der Waals surface area contributed by atoms with Crippen molar-refractivity contribution in [1.29, 1.82) is 0 Å². The van der Waals surface area contributed by atoms with Crippen LogP contribution in [0.1, 0.15) is 97.1 Å². The van der Waals surface area contributed by atoms with Crippen LogP contribution >= 0.6 is 0 Å². The Hall–Kier alpha value is -2.53. The molecule has 1 N–H and O–H groups in total. The first-order valence-corrected chi connectivity index (χ1v) is 14.3. The van der Waals surface area contributed by atoms with Gasteiger partial charge in [0, 0.05) is 13.5 Å². The van der Waals surface area contributed by atoms with Gasteiger partial charge in [0.05, 0.1) is 30.9 Å². The highest BCUT2D eigenvalue weighted by Crippen LogP contribution is 2.37. The molecule has 0 fully saturated rings. The number of rotatable bonds is 19. The van der Waals surface area contributed by atoms with Gasteiger partial charge in [-0.2, -0.15) is 13.2 Å². The Bertz CT molecular complexity index is 918. The number of esters is 1. The maximum Gasteiger partial charge on any atom is 0.419 e. The highest BCUT2D eigenvalue weighted by molar-refractivity contribution is 5.71. The molecule has 1 atom stereocenters. The molecular weight excluding hydrogens is 543 g/mol. The van der Waals surface area contributed by atoms with Gasteiger partial charge in [0.1, 0.15) is 18.1 Å². The number of hydrogen-bond acceptors (Lipinski definition) is 7. The van der Waals surface area contributed by atoms with Gasteiger partial charge in [-0.05, 0) is 71.1 Å². The molecule has 8 nitrogen and oxygen atoms in total. The third kappa shape index (κ3) is 15.3. The number of halogens is 3. The fourth-order valence-corrected chi connectivity index (χ4v) is 4.20. The number of alkyl halides is 3. The molecule has 1 unspecified atom stereocenters. The van der Waals surface area contributed by atoms with Crippen LogP contribution in [0.4, 0.5) is 18.0 Å². The fourth-order valence-electron chi connectivity index (χ4n) is 4.20. The molecule has 236 valence electrons. The van der Waals surface area contributed by atoms with Crippen molar-refractivity contribution >= 4 is 12.1 Å². The molecule has 0 heterocycles. The Labute approximate surface area is 242 Å². The number of aryl methyl sites for hydroxylation is 1. The van der Waals surface area contributed by atoms with Crippen molar-refractivity contribution in [3.05, 3.63) is 29.3 Å².